The van der Waals surface area contributed by atoms with Crippen molar-refractivity contribution in [3.05, 3.63) is 54.4 Å². The van der Waals surface area contributed by atoms with E-state index in [0.717, 1.165) is 49.4 Å². The van der Waals surface area contributed by atoms with Crippen molar-refractivity contribution in [3.63, 3.8) is 0 Å². The number of nitrogens with one attached hydrogen (secondary N) is 1. The number of nitrogens with zero attached hydrogens (tertiary/aromatic N) is 3. The van der Waals surface area contributed by atoms with Gasteiger partial charge in [0, 0.05) is 23.6 Å². The highest BCUT2D eigenvalue weighted by atomic mass is 16.4. The first-order valence-electron chi connectivity index (χ1n) is 9.69. The molecule has 7 heteroatoms. The Labute approximate surface area is 163 Å². The maximum atomic E-state index is 12.7. The van der Waals surface area contributed by atoms with Crippen LogP contribution in [0.5, 0.6) is 0 Å². The maximum absolute atomic E-state index is 12.7. The molecule has 2 aromatic heterocycles. The summed E-state index contributed by atoms with van der Waals surface area (Å²) in [7, 11) is 0. The van der Waals surface area contributed by atoms with Crippen LogP contribution in [0, 0.1) is 5.92 Å². The summed E-state index contributed by atoms with van der Waals surface area (Å²) in [5.74, 6) is 2.19. The molecule has 0 spiro atoms. The second-order valence-corrected chi connectivity index (χ2v) is 7.04. The molecule has 1 amide bonds. The summed E-state index contributed by atoms with van der Waals surface area (Å²) in [5.41, 5.74) is 1.74. The highest BCUT2D eigenvalue weighted by molar-refractivity contribution is 5.93. The maximum Gasteiger partial charge on any atom is 0.230 e. The minimum atomic E-state index is 0.0115. The third-order valence-corrected chi connectivity index (χ3v) is 5.06. The number of furan rings is 1. The summed E-state index contributed by atoms with van der Waals surface area (Å²) < 4.78 is 11.0. The van der Waals surface area contributed by atoms with Crippen molar-refractivity contribution in [2.24, 2.45) is 5.92 Å². The van der Waals surface area contributed by atoms with Crippen molar-refractivity contribution in [2.75, 3.05) is 18.4 Å². The number of likely N-dealkylation sites (tertiary alicyclic amines) is 1. The number of hydrogen-bond acceptors (Lipinski definition) is 6. The summed E-state index contributed by atoms with van der Waals surface area (Å²) in [6.07, 6.45) is 4.03. The van der Waals surface area contributed by atoms with Crippen molar-refractivity contribution in [1.82, 2.24) is 15.1 Å². The number of benzene rings is 1. The van der Waals surface area contributed by atoms with E-state index in [1.54, 1.807) is 6.26 Å². The zero-order valence-corrected chi connectivity index (χ0v) is 15.9. The molecule has 0 aliphatic carbocycles. The highest BCUT2D eigenvalue weighted by Gasteiger charge is 2.26. The lowest BCUT2D eigenvalue weighted by Crippen LogP contribution is -2.37. The number of aryl methyl sites for hydroxylation is 1. The van der Waals surface area contributed by atoms with Crippen LogP contribution in [0.3, 0.4) is 0 Å². The summed E-state index contributed by atoms with van der Waals surface area (Å²) >= 11 is 0. The smallest absolute Gasteiger partial charge is 0.230 e. The molecular weight excluding hydrogens is 356 g/mol. The monoisotopic (exact) mass is 380 g/mol. The molecule has 7 nitrogen and oxygen atoms in total. The van der Waals surface area contributed by atoms with Gasteiger partial charge < -0.3 is 14.2 Å². The van der Waals surface area contributed by atoms with Crippen LogP contribution in [-0.2, 0) is 17.8 Å². The average Bonchev–Trinajstić information content (AvgIpc) is 3.41. The second-order valence-electron chi connectivity index (χ2n) is 7.04. The number of carbonyl (C=O) groups is 1. The van der Waals surface area contributed by atoms with Crippen LogP contribution in [-0.4, -0.2) is 34.1 Å². The summed E-state index contributed by atoms with van der Waals surface area (Å²) in [6.45, 7) is 4.32. The molecule has 1 saturated heterocycles. The fraction of sp³-hybridized carbons (Fsp3) is 0.381. The number of rotatable bonds is 6. The Kier molecular flexibility index (Phi) is 5.53. The van der Waals surface area contributed by atoms with Crippen LogP contribution in [0.2, 0.25) is 0 Å². The number of amides is 1. The Hall–Kier alpha value is -2.93. The van der Waals surface area contributed by atoms with Crippen LogP contribution in [0.4, 0.5) is 5.69 Å². The van der Waals surface area contributed by atoms with E-state index >= 15 is 0 Å². The molecule has 0 atom stereocenters. The van der Waals surface area contributed by atoms with Gasteiger partial charge in [0.2, 0.25) is 17.7 Å². The first-order valence-corrected chi connectivity index (χ1v) is 9.69. The molecule has 3 aromatic rings. The Morgan fingerprint density at radius 1 is 1.18 bits per heavy atom. The van der Waals surface area contributed by atoms with E-state index < -0.39 is 0 Å². The molecule has 1 aromatic carbocycles. The number of piperidine rings is 1. The lowest BCUT2D eigenvalue weighted by atomic mass is 9.95. The molecule has 0 saturated carbocycles. The lowest BCUT2D eigenvalue weighted by molar-refractivity contribution is -0.121. The molecule has 1 fully saturated rings. The average molecular weight is 380 g/mol. The molecule has 1 aliphatic heterocycles. The van der Waals surface area contributed by atoms with E-state index in [4.69, 9.17) is 8.83 Å². The molecular formula is C21H24N4O3. The lowest BCUT2D eigenvalue weighted by Gasteiger charge is -2.30. The van der Waals surface area contributed by atoms with Gasteiger partial charge in [-0.25, -0.2) is 0 Å². The predicted molar refractivity (Wildman–Crippen MR) is 104 cm³/mol. The Balaban J connectivity index is 1.30. The van der Waals surface area contributed by atoms with Gasteiger partial charge in [-0.05, 0) is 50.2 Å². The Morgan fingerprint density at radius 3 is 2.71 bits per heavy atom. The summed E-state index contributed by atoms with van der Waals surface area (Å²) in [6, 6.07) is 11.5. The third kappa shape index (κ3) is 4.31. The van der Waals surface area contributed by atoms with Crippen LogP contribution < -0.4 is 5.32 Å². The van der Waals surface area contributed by atoms with E-state index in [9.17, 15) is 4.79 Å². The van der Waals surface area contributed by atoms with Gasteiger partial charge >= 0.3 is 0 Å². The predicted octanol–water partition coefficient (Wildman–Crippen LogP) is 3.74. The largest absolute Gasteiger partial charge is 0.464 e. The highest BCUT2D eigenvalue weighted by Crippen LogP contribution is 2.25. The molecule has 3 heterocycles. The standard InChI is InChI=1S/C21H24N4O3/c1-2-19-23-24-20(28-19)14-25-10-8-15(9-11-25)21(26)22-17-6-3-5-16(13-17)18-7-4-12-27-18/h3-7,12-13,15H,2,8-11,14H2,1H3,(H,22,26). The Bertz CT molecular complexity index is 911. The SMILES string of the molecule is CCc1nnc(CN2CCC(C(=O)Nc3cccc(-c4ccco4)c3)CC2)o1. The number of hydrogen-bond donors (Lipinski definition) is 1. The van der Waals surface area contributed by atoms with Gasteiger partial charge in [0.1, 0.15) is 5.76 Å². The third-order valence-electron chi connectivity index (χ3n) is 5.06. The van der Waals surface area contributed by atoms with E-state index in [1.165, 1.54) is 0 Å². The normalized spacial score (nSPS) is 15.6. The fourth-order valence-electron chi connectivity index (χ4n) is 3.48. The molecule has 4 rings (SSSR count). The van der Waals surface area contributed by atoms with Crippen molar-refractivity contribution < 1.29 is 13.6 Å². The van der Waals surface area contributed by atoms with Gasteiger partial charge in [0.15, 0.2) is 0 Å². The van der Waals surface area contributed by atoms with E-state index in [-0.39, 0.29) is 11.8 Å². The minimum absolute atomic E-state index is 0.0115. The topological polar surface area (TPSA) is 84.4 Å². The van der Waals surface area contributed by atoms with E-state index in [0.29, 0.717) is 18.3 Å². The van der Waals surface area contributed by atoms with E-state index in [1.807, 2.05) is 43.3 Å². The zero-order valence-electron chi connectivity index (χ0n) is 15.9. The van der Waals surface area contributed by atoms with Crippen LogP contribution in [0.25, 0.3) is 11.3 Å². The van der Waals surface area contributed by atoms with E-state index in [2.05, 4.69) is 20.4 Å². The van der Waals surface area contributed by atoms with Gasteiger partial charge in [-0.2, -0.15) is 0 Å². The molecule has 1 aliphatic rings. The molecule has 0 radical (unpaired) electrons. The van der Waals surface area contributed by atoms with Gasteiger partial charge in [0.25, 0.3) is 0 Å². The number of carbonyl (C=O) groups excluding carboxylic acids is 1. The summed E-state index contributed by atoms with van der Waals surface area (Å²) in [4.78, 5) is 14.9. The zero-order chi connectivity index (χ0) is 19.3. The molecule has 1 N–H and O–H groups in total. The van der Waals surface area contributed by atoms with Gasteiger partial charge in [-0.1, -0.05) is 19.1 Å². The number of aromatic nitrogens is 2. The molecule has 28 heavy (non-hydrogen) atoms. The van der Waals surface area contributed by atoms with Gasteiger partial charge in [-0.15, -0.1) is 10.2 Å². The van der Waals surface area contributed by atoms with Crippen molar-refractivity contribution in [2.45, 2.75) is 32.7 Å². The van der Waals surface area contributed by atoms with Crippen molar-refractivity contribution in [1.29, 1.82) is 0 Å². The molecule has 146 valence electrons. The quantitative estimate of drug-likeness (QED) is 0.701. The summed E-state index contributed by atoms with van der Waals surface area (Å²) in [5, 5.41) is 11.1. The Morgan fingerprint density at radius 2 is 2.00 bits per heavy atom. The first kappa shape index (κ1) is 18.4. The van der Waals surface area contributed by atoms with Crippen molar-refractivity contribution in [3.8, 4) is 11.3 Å². The first-order chi connectivity index (χ1) is 13.7. The minimum Gasteiger partial charge on any atom is -0.464 e. The molecule has 0 bridgehead atoms. The van der Waals surface area contributed by atoms with Crippen molar-refractivity contribution >= 4 is 11.6 Å². The second kappa shape index (κ2) is 8.39. The van der Waals surface area contributed by atoms with Gasteiger partial charge in [0.05, 0.1) is 12.8 Å². The van der Waals surface area contributed by atoms with Crippen LogP contribution in [0.1, 0.15) is 31.5 Å². The van der Waals surface area contributed by atoms with Gasteiger partial charge in [-0.3, -0.25) is 9.69 Å². The fourth-order valence-corrected chi connectivity index (χ4v) is 3.48. The van der Waals surface area contributed by atoms with Crippen LogP contribution >= 0.6 is 0 Å². The number of anilines is 1. The molecule has 0 unspecified atom stereocenters. The van der Waals surface area contributed by atoms with Crippen LogP contribution in [0.15, 0.2) is 51.5 Å².